The summed E-state index contributed by atoms with van der Waals surface area (Å²) in [5, 5.41) is 6.86. The van der Waals surface area contributed by atoms with Crippen molar-refractivity contribution < 1.29 is 9.53 Å². The third-order valence-corrected chi connectivity index (χ3v) is 4.58. The standard InChI is InChI=1S/C19H26N4O2/c1-4-14(3)20-19(24)21-15-5-6-17-16(12-15)13(2)11-18(22-17)23-7-9-25-10-8-23/h5-6,11-12,14H,4,7-10H2,1-3H3,(H2,20,21,24). The summed E-state index contributed by atoms with van der Waals surface area (Å²) in [6.45, 7) is 9.33. The Labute approximate surface area is 148 Å². The molecule has 1 atom stereocenters. The van der Waals surface area contributed by atoms with Crippen LogP contribution in [0.1, 0.15) is 25.8 Å². The summed E-state index contributed by atoms with van der Waals surface area (Å²) in [6, 6.07) is 7.93. The molecule has 1 fully saturated rings. The molecular weight excluding hydrogens is 316 g/mol. The summed E-state index contributed by atoms with van der Waals surface area (Å²) in [6.07, 6.45) is 0.901. The number of anilines is 2. The summed E-state index contributed by atoms with van der Waals surface area (Å²) in [5.41, 5.74) is 2.86. The SMILES string of the molecule is CCC(C)NC(=O)Nc1ccc2nc(N3CCOCC3)cc(C)c2c1. The first-order valence-electron chi connectivity index (χ1n) is 8.88. The molecule has 3 rings (SSSR count). The monoisotopic (exact) mass is 342 g/mol. The number of rotatable bonds is 4. The predicted molar refractivity (Wildman–Crippen MR) is 101 cm³/mol. The van der Waals surface area contributed by atoms with Gasteiger partial charge in [-0.15, -0.1) is 0 Å². The number of benzene rings is 1. The molecule has 0 radical (unpaired) electrons. The Hall–Kier alpha value is -2.34. The molecule has 1 aromatic carbocycles. The maximum Gasteiger partial charge on any atom is 0.319 e. The Morgan fingerprint density at radius 1 is 1.32 bits per heavy atom. The fourth-order valence-corrected chi connectivity index (χ4v) is 2.90. The molecule has 2 amide bonds. The number of urea groups is 1. The third-order valence-electron chi connectivity index (χ3n) is 4.58. The van der Waals surface area contributed by atoms with Crippen LogP contribution in [0.25, 0.3) is 10.9 Å². The molecule has 1 aliphatic rings. The Bertz CT molecular complexity index is 756. The van der Waals surface area contributed by atoms with Crippen molar-refractivity contribution in [3.8, 4) is 0 Å². The smallest absolute Gasteiger partial charge is 0.319 e. The first-order valence-corrected chi connectivity index (χ1v) is 8.88. The Kier molecular flexibility index (Phi) is 5.38. The molecule has 0 spiro atoms. The maximum absolute atomic E-state index is 12.0. The van der Waals surface area contributed by atoms with E-state index < -0.39 is 0 Å². The lowest BCUT2D eigenvalue weighted by atomic mass is 10.1. The van der Waals surface area contributed by atoms with Crippen LogP contribution in [0.4, 0.5) is 16.3 Å². The number of nitrogens with zero attached hydrogens (tertiary/aromatic N) is 2. The summed E-state index contributed by atoms with van der Waals surface area (Å²) in [7, 11) is 0. The average molecular weight is 342 g/mol. The van der Waals surface area contributed by atoms with Crippen molar-refractivity contribution in [2.45, 2.75) is 33.2 Å². The largest absolute Gasteiger partial charge is 0.378 e. The number of hydrogen-bond donors (Lipinski definition) is 2. The molecule has 1 unspecified atom stereocenters. The van der Waals surface area contributed by atoms with Gasteiger partial charge in [0.25, 0.3) is 0 Å². The normalized spacial score (nSPS) is 15.9. The van der Waals surface area contributed by atoms with Gasteiger partial charge in [-0.2, -0.15) is 0 Å². The molecule has 25 heavy (non-hydrogen) atoms. The Morgan fingerprint density at radius 2 is 2.08 bits per heavy atom. The number of fused-ring (bicyclic) bond motifs is 1. The van der Waals surface area contributed by atoms with Crippen LogP contribution in [0.2, 0.25) is 0 Å². The number of carbonyl (C=O) groups is 1. The highest BCUT2D eigenvalue weighted by Gasteiger charge is 2.14. The minimum Gasteiger partial charge on any atom is -0.378 e. The lowest BCUT2D eigenvalue weighted by molar-refractivity contribution is 0.122. The zero-order chi connectivity index (χ0) is 17.8. The van der Waals surface area contributed by atoms with Crippen LogP contribution < -0.4 is 15.5 Å². The zero-order valence-electron chi connectivity index (χ0n) is 15.1. The van der Waals surface area contributed by atoms with Crippen LogP contribution in [-0.4, -0.2) is 43.4 Å². The molecule has 1 aromatic heterocycles. The van der Waals surface area contributed by atoms with Gasteiger partial charge in [-0.3, -0.25) is 0 Å². The van der Waals surface area contributed by atoms with Gasteiger partial charge < -0.3 is 20.3 Å². The fraction of sp³-hybridized carbons (Fsp3) is 0.474. The van der Waals surface area contributed by atoms with Gasteiger partial charge in [-0.1, -0.05) is 6.92 Å². The molecule has 1 saturated heterocycles. The van der Waals surface area contributed by atoms with Gasteiger partial charge in [0.15, 0.2) is 0 Å². The predicted octanol–water partition coefficient (Wildman–Crippen LogP) is 3.30. The van der Waals surface area contributed by atoms with Gasteiger partial charge in [0.1, 0.15) is 5.82 Å². The molecule has 134 valence electrons. The summed E-state index contributed by atoms with van der Waals surface area (Å²) >= 11 is 0. The molecule has 6 nitrogen and oxygen atoms in total. The van der Waals surface area contributed by atoms with Crippen molar-refractivity contribution in [3.05, 3.63) is 29.8 Å². The van der Waals surface area contributed by atoms with E-state index in [1.54, 1.807) is 0 Å². The van der Waals surface area contributed by atoms with Crippen molar-refractivity contribution in [2.24, 2.45) is 0 Å². The van der Waals surface area contributed by atoms with Crippen molar-refractivity contribution >= 4 is 28.4 Å². The second-order valence-electron chi connectivity index (χ2n) is 6.54. The van der Waals surface area contributed by atoms with Gasteiger partial charge >= 0.3 is 6.03 Å². The second-order valence-corrected chi connectivity index (χ2v) is 6.54. The van der Waals surface area contributed by atoms with E-state index in [2.05, 4.69) is 28.5 Å². The number of ether oxygens (including phenoxy) is 1. The van der Waals surface area contributed by atoms with Gasteiger partial charge in [-0.25, -0.2) is 9.78 Å². The number of aromatic nitrogens is 1. The summed E-state index contributed by atoms with van der Waals surface area (Å²) in [5.74, 6) is 0.989. The average Bonchev–Trinajstić information content (AvgIpc) is 2.62. The van der Waals surface area contributed by atoms with Gasteiger partial charge in [0.2, 0.25) is 0 Å². The quantitative estimate of drug-likeness (QED) is 0.895. The number of aryl methyl sites for hydroxylation is 1. The van der Waals surface area contributed by atoms with Crippen LogP contribution in [0.3, 0.4) is 0 Å². The van der Waals surface area contributed by atoms with E-state index in [1.165, 1.54) is 0 Å². The zero-order valence-corrected chi connectivity index (χ0v) is 15.1. The van der Waals surface area contributed by atoms with E-state index in [1.807, 2.05) is 32.0 Å². The molecular formula is C19H26N4O2. The minimum atomic E-state index is -0.177. The van der Waals surface area contributed by atoms with Crippen LogP contribution >= 0.6 is 0 Å². The second kappa shape index (κ2) is 7.70. The van der Waals surface area contributed by atoms with Crippen LogP contribution in [0, 0.1) is 6.92 Å². The molecule has 0 saturated carbocycles. The third kappa shape index (κ3) is 4.20. The van der Waals surface area contributed by atoms with E-state index in [4.69, 9.17) is 9.72 Å². The highest BCUT2D eigenvalue weighted by atomic mass is 16.5. The van der Waals surface area contributed by atoms with Gasteiger partial charge in [0, 0.05) is 30.2 Å². The topological polar surface area (TPSA) is 66.5 Å². The fourth-order valence-electron chi connectivity index (χ4n) is 2.90. The Balaban J connectivity index is 1.81. The van der Waals surface area contributed by atoms with E-state index in [0.29, 0.717) is 0 Å². The van der Waals surface area contributed by atoms with E-state index >= 15 is 0 Å². The van der Waals surface area contributed by atoms with Gasteiger partial charge in [-0.05, 0) is 50.1 Å². The molecule has 2 aromatic rings. The molecule has 2 N–H and O–H groups in total. The highest BCUT2D eigenvalue weighted by Crippen LogP contribution is 2.25. The lowest BCUT2D eigenvalue weighted by Gasteiger charge is -2.28. The number of carbonyl (C=O) groups excluding carboxylic acids is 1. The Morgan fingerprint density at radius 3 is 2.80 bits per heavy atom. The molecule has 0 bridgehead atoms. The van der Waals surface area contributed by atoms with Crippen molar-refractivity contribution in [1.82, 2.24) is 10.3 Å². The summed E-state index contributed by atoms with van der Waals surface area (Å²) in [4.78, 5) is 19.0. The van der Waals surface area contributed by atoms with Crippen molar-refractivity contribution in [3.63, 3.8) is 0 Å². The maximum atomic E-state index is 12.0. The first kappa shape index (κ1) is 17.5. The number of amides is 2. The number of morpholine rings is 1. The molecule has 6 heteroatoms. The highest BCUT2D eigenvalue weighted by molar-refractivity contribution is 5.94. The minimum absolute atomic E-state index is 0.153. The molecule has 1 aliphatic heterocycles. The van der Waals surface area contributed by atoms with E-state index in [0.717, 1.165) is 60.7 Å². The number of pyridine rings is 1. The number of hydrogen-bond acceptors (Lipinski definition) is 4. The first-order chi connectivity index (χ1) is 12.1. The van der Waals surface area contributed by atoms with Crippen molar-refractivity contribution in [1.29, 1.82) is 0 Å². The number of nitrogens with one attached hydrogen (secondary N) is 2. The van der Waals surface area contributed by atoms with E-state index in [9.17, 15) is 4.79 Å². The van der Waals surface area contributed by atoms with Crippen LogP contribution in [0.15, 0.2) is 24.3 Å². The van der Waals surface area contributed by atoms with Gasteiger partial charge in [0.05, 0.1) is 18.7 Å². The summed E-state index contributed by atoms with van der Waals surface area (Å²) < 4.78 is 5.41. The van der Waals surface area contributed by atoms with E-state index in [-0.39, 0.29) is 12.1 Å². The van der Waals surface area contributed by atoms with Crippen molar-refractivity contribution in [2.75, 3.05) is 36.5 Å². The van der Waals surface area contributed by atoms with Crippen LogP contribution in [0.5, 0.6) is 0 Å². The lowest BCUT2D eigenvalue weighted by Crippen LogP contribution is -2.36. The van der Waals surface area contributed by atoms with Crippen LogP contribution in [-0.2, 0) is 4.74 Å². The molecule has 0 aliphatic carbocycles. The molecule has 2 heterocycles.